The topological polar surface area (TPSA) is 43.4 Å². The number of rotatable bonds is 5. The van der Waals surface area contributed by atoms with E-state index in [1.165, 1.54) is 6.08 Å². The van der Waals surface area contributed by atoms with Crippen molar-refractivity contribution in [1.82, 2.24) is 0 Å². The van der Waals surface area contributed by atoms with Crippen LogP contribution in [0.4, 0.5) is 0 Å². The molecule has 1 aliphatic carbocycles. The molecule has 0 amide bonds. The van der Waals surface area contributed by atoms with E-state index in [0.717, 1.165) is 19.3 Å². The van der Waals surface area contributed by atoms with E-state index in [-0.39, 0.29) is 17.3 Å². The molecule has 1 aliphatic rings. The van der Waals surface area contributed by atoms with Gasteiger partial charge in [0.25, 0.3) is 0 Å². The zero-order valence-corrected chi connectivity index (χ0v) is 10.4. The van der Waals surface area contributed by atoms with Gasteiger partial charge in [0, 0.05) is 17.2 Å². The molecule has 94 valence electrons. The highest BCUT2D eigenvalue weighted by atomic mass is 16.5. The number of ether oxygens (including phenoxy) is 1. The predicted molar refractivity (Wildman–Crippen MR) is 68.7 cm³/mol. The highest BCUT2D eigenvalue weighted by molar-refractivity contribution is 6.23. The maximum absolute atomic E-state index is 12.1. The standard InChI is InChI=1S/C15H16O3/c1-2-3-6-9-18-14-10-13(16)11-7-4-5-8-12(11)15(14)17/h4-5,7-8,10H,2-3,6,9H2,1H3. The van der Waals surface area contributed by atoms with Crippen molar-refractivity contribution in [3.8, 4) is 0 Å². The van der Waals surface area contributed by atoms with Crippen LogP contribution in [-0.4, -0.2) is 18.2 Å². The van der Waals surface area contributed by atoms with Gasteiger partial charge in [-0.2, -0.15) is 0 Å². The lowest BCUT2D eigenvalue weighted by atomic mass is 9.94. The Morgan fingerprint density at radius 3 is 2.50 bits per heavy atom. The predicted octanol–water partition coefficient (Wildman–Crippen LogP) is 3.16. The van der Waals surface area contributed by atoms with Gasteiger partial charge in [0.2, 0.25) is 5.78 Å². The van der Waals surface area contributed by atoms with E-state index in [2.05, 4.69) is 6.92 Å². The van der Waals surface area contributed by atoms with Gasteiger partial charge in [-0.05, 0) is 6.42 Å². The molecule has 2 rings (SSSR count). The molecular formula is C15H16O3. The van der Waals surface area contributed by atoms with Crippen LogP contribution in [0.3, 0.4) is 0 Å². The summed E-state index contributed by atoms with van der Waals surface area (Å²) in [4.78, 5) is 23.9. The van der Waals surface area contributed by atoms with Gasteiger partial charge < -0.3 is 4.74 Å². The lowest BCUT2D eigenvalue weighted by Crippen LogP contribution is -2.18. The average Bonchev–Trinajstić information content (AvgIpc) is 2.40. The normalized spacial score (nSPS) is 14.2. The number of carbonyl (C=O) groups excluding carboxylic acids is 2. The number of allylic oxidation sites excluding steroid dienone is 2. The zero-order chi connectivity index (χ0) is 13.0. The summed E-state index contributed by atoms with van der Waals surface area (Å²) in [5.74, 6) is -0.174. The fourth-order valence-electron chi connectivity index (χ4n) is 1.93. The van der Waals surface area contributed by atoms with Crippen molar-refractivity contribution in [3.05, 3.63) is 47.2 Å². The van der Waals surface area contributed by atoms with Gasteiger partial charge in [0.05, 0.1) is 6.61 Å². The molecular weight excluding hydrogens is 228 g/mol. The minimum absolute atomic E-state index is 0.157. The molecule has 0 saturated heterocycles. The Morgan fingerprint density at radius 2 is 1.78 bits per heavy atom. The fraction of sp³-hybridized carbons (Fsp3) is 0.333. The van der Waals surface area contributed by atoms with Crippen molar-refractivity contribution in [2.24, 2.45) is 0 Å². The van der Waals surface area contributed by atoms with Gasteiger partial charge in [0.1, 0.15) is 0 Å². The third kappa shape index (κ3) is 2.50. The van der Waals surface area contributed by atoms with E-state index in [1.807, 2.05) is 0 Å². The van der Waals surface area contributed by atoms with Gasteiger partial charge >= 0.3 is 0 Å². The number of hydrogen-bond acceptors (Lipinski definition) is 3. The minimum Gasteiger partial charge on any atom is -0.489 e. The lowest BCUT2D eigenvalue weighted by Gasteiger charge is -2.15. The maximum Gasteiger partial charge on any atom is 0.228 e. The van der Waals surface area contributed by atoms with Gasteiger partial charge in [-0.3, -0.25) is 9.59 Å². The highest BCUT2D eigenvalue weighted by Gasteiger charge is 2.25. The van der Waals surface area contributed by atoms with Crippen LogP contribution in [0.1, 0.15) is 46.9 Å². The molecule has 0 radical (unpaired) electrons. The summed E-state index contributed by atoms with van der Waals surface area (Å²) in [6.45, 7) is 2.59. The Hall–Kier alpha value is -1.90. The largest absolute Gasteiger partial charge is 0.489 e. The lowest BCUT2D eigenvalue weighted by molar-refractivity contribution is 0.0880. The molecule has 0 heterocycles. The van der Waals surface area contributed by atoms with Gasteiger partial charge in [-0.15, -0.1) is 0 Å². The molecule has 0 unspecified atom stereocenters. The Morgan fingerprint density at radius 1 is 1.06 bits per heavy atom. The average molecular weight is 244 g/mol. The molecule has 3 heteroatoms. The molecule has 0 bridgehead atoms. The summed E-state index contributed by atoms with van der Waals surface area (Å²) >= 11 is 0. The number of ketones is 2. The number of fused-ring (bicyclic) bond motifs is 1. The van der Waals surface area contributed by atoms with Crippen LogP contribution in [0, 0.1) is 0 Å². The van der Waals surface area contributed by atoms with Crippen molar-refractivity contribution >= 4 is 11.6 Å². The molecule has 3 nitrogen and oxygen atoms in total. The van der Waals surface area contributed by atoms with Crippen LogP contribution in [0.2, 0.25) is 0 Å². The summed E-state index contributed by atoms with van der Waals surface area (Å²) in [6.07, 6.45) is 4.36. The van der Waals surface area contributed by atoms with E-state index in [4.69, 9.17) is 4.74 Å². The molecule has 0 spiro atoms. The van der Waals surface area contributed by atoms with Crippen LogP contribution in [-0.2, 0) is 4.74 Å². The summed E-state index contributed by atoms with van der Waals surface area (Å²) in [5.41, 5.74) is 0.902. The van der Waals surface area contributed by atoms with Crippen molar-refractivity contribution in [3.63, 3.8) is 0 Å². The van der Waals surface area contributed by atoms with Crippen LogP contribution in [0.5, 0.6) is 0 Å². The quantitative estimate of drug-likeness (QED) is 0.747. The van der Waals surface area contributed by atoms with Crippen LogP contribution >= 0.6 is 0 Å². The summed E-state index contributed by atoms with van der Waals surface area (Å²) in [5, 5.41) is 0. The molecule has 0 aliphatic heterocycles. The second kappa shape index (κ2) is 5.63. The molecule has 0 aromatic heterocycles. The number of carbonyl (C=O) groups is 2. The molecule has 0 fully saturated rings. The first kappa shape index (κ1) is 12.6. The van der Waals surface area contributed by atoms with E-state index < -0.39 is 0 Å². The summed E-state index contributed by atoms with van der Waals surface area (Å²) in [7, 11) is 0. The Kier molecular flexibility index (Phi) is 3.92. The zero-order valence-electron chi connectivity index (χ0n) is 10.4. The van der Waals surface area contributed by atoms with Crippen molar-refractivity contribution < 1.29 is 14.3 Å². The Balaban J connectivity index is 2.11. The monoisotopic (exact) mass is 244 g/mol. The first-order chi connectivity index (χ1) is 8.74. The van der Waals surface area contributed by atoms with Crippen molar-refractivity contribution in [1.29, 1.82) is 0 Å². The van der Waals surface area contributed by atoms with E-state index >= 15 is 0 Å². The van der Waals surface area contributed by atoms with Gasteiger partial charge in [-0.1, -0.05) is 44.0 Å². The summed E-state index contributed by atoms with van der Waals surface area (Å²) < 4.78 is 5.42. The third-order valence-corrected chi connectivity index (χ3v) is 2.93. The van der Waals surface area contributed by atoms with E-state index in [0.29, 0.717) is 17.7 Å². The molecule has 1 aromatic carbocycles. The number of unbranched alkanes of at least 4 members (excludes halogenated alkanes) is 2. The van der Waals surface area contributed by atoms with Crippen molar-refractivity contribution in [2.75, 3.05) is 6.61 Å². The van der Waals surface area contributed by atoms with E-state index in [1.54, 1.807) is 24.3 Å². The fourth-order valence-corrected chi connectivity index (χ4v) is 1.93. The van der Waals surface area contributed by atoms with Crippen LogP contribution in [0.25, 0.3) is 0 Å². The maximum atomic E-state index is 12.1. The number of hydrogen-bond donors (Lipinski definition) is 0. The van der Waals surface area contributed by atoms with Gasteiger partial charge in [0.15, 0.2) is 11.5 Å². The Labute approximate surface area is 106 Å². The minimum atomic E-state index is -0.193. The van der Waals surface area contributed by atoms with E-state index in [9.17, 15) is 9.59 Å². The second-order valence-corrected chi connectivity index (χ2v) is 4.30. The smallest absolute Gasteiger partial charge is 0.228 e. The first-order valence-corrected chi connectivity index (χ1v) is 6.26. The SMILES string of the molecule is CCCCCOC1=CC(=O)c2ccccc2C1=O. The van der Waals surface area contributed by atoms with Crippen LogP contribution in [0.15, 0.2) is 36.1 Å². The first-order valence-electron chi connectivity index (χ1n) is 6.26. The molecule has 18 heavy (non-hydrogen) atoms. The van der Waals surface area contributed by atoms with Crippen molar-refractivity contribution in [2.45, 2.75) is 26.2 Å². The summed E-state index contributed by atoms with van der Waals surface area (Å²) in [6, 6.07) is 6.84. The molecule has 0 atom stereocenters. The second-order valence-electron chi connectivity index (χ2n) is 4.30. The van der Waals surface area contributed by atoms with Crippen LogP contribution < -0.4 is 0 Å². The number of benzene rings is 1. The third-order valence-electron chi connectivity index (χ3n) is 2.93. The number of Topliss-reactive ketones (excluding diaryl/α,β-unsaturated/α-hetero) is 1. The highest BCUT2D eigenvalue weighted by Crippen LogP contribution is 2.21. The molecule has 1 aromatic rings. The molecule has 0 N–H and O–H groups in total. The van der Waals surface area contributed by atoms with Gasteiger partial charge in [-0.25, -0.2) is 0 Å². The Bertz CT molecular complexity index is 500. The molecule has 0 saturated carbocycles.